The van der Waals surface area contributed by atoms with Gasteiger partial charge in [0.1, 0.15) is 11.9 Å². The van der Waals surface area contributed by atoms with E-state index >= 15 is 0 Å². The van der Waals surface area contributed by atoms with E-state index in [1.165, 1.54) is 5.56 Å². The molecule has 2 aromatic carbocycles. The Morgan fingerprint density at radius 2 is 1.62 bits per heavy atom. The van der Waals surface area contributed by atoms with Gasteiger partial charge in [0.2, 0.25) is 0 Å². The molecular weight excluding hydrogens is 364 g/mol. The molecule has 1 saturated heterocycles. The van der Waals surface area contributed by atoms with E-state index in [0.29, 0.717) is 12.2 Å². The van der Waals surface area contributed by atoms with Crippen molar-refractivity contribution in [2.75, 3.05) is 45.9 Å². The first-order valence-electron chi connectivity index (χ1n) is 10.6. The Bertz CT molecular complexity index is 740. The van der Waals surface area contributed by atoms with Gasteiger partial charge in [-0.1, -0.05) is 30.3 Å². The molecule has 1 heterocycles. The maximum absolute atomic E-state index is 11.7. The van der Waals surface area contributed by atoms with Gasteiger partial charge in [0.15, 0.2) is 0 Å². The van der Waals surface area contributed by atoms with E-state index in [2.05, 4.69) is 16.7 Å². The summed E-state index contributed by atoms with van der Waals surface area (Å²) >= 11 is 0. The van der Waals surface area contributed by atoms with Crippen molar-refractivity contribution in [3.05, 3.63) is 65.7 Å². The van der Waals surface area contributed by atoms with Crippen molar-refractivity contribution in [3.63, 3.8) is 0 Å². The van der Waals surface area contributed by atoms with Crippen LogP contribution >= 0.6 is 0 Å². The van der Waals surface area contributed by atoms with Crippen molar-refractivity contribution in [2.24, 2.45) is 0 Å². The van der Waals surface area contributed by atoms with E-state index in [-0.39, 0.29) is 12.1 Å². The highest BCUT2D eigenvalue weighted by Gasteiger charge is 2.19. The molecule has 156 valence electrons. The molecule has 0 aliphatic carbocycles. The molecule has 1 aliphatic heterocycles. The number of carbonyl (C=O) groups excluding carboxylic acids is 1. The number of esters is 1. The van der Waals surface area contributed by atoms with Crippen LogP contribution in [0.3, 0.4) is 0 Å². The minimum absolute atomic E-state index is 0.182. The van der Waals surface area contributed by atoms with E-state index in [4.69, 9.17) is 9.47 Å². The standard InChI is InChI=1S/C24H32N2O3/c1-3-28-24(27)22-11-9-21(10-12-22)13-14-25-15-17-26(18-16-25)19-20(2)29-23-7-5-4-6-8-23/h4-12,20H,3,13-19H2,1-2H3. The van der Waals surface area contributed by atoms with Crippen LogP contribution < -0.4 is 4.74 Å². The molecule has 0 aromatic heterocycles. The van der Waals surface area contributed by atoms with Crippen LogP contribution in [0.1, 0.15) is 29.8 Å². The molecule has 29 heavy (non-hydrogen) atoms. The molecule has 2 aromatic rings. The monoisotopic (exact) mass is 396 g/mol. The highest BCUT2D eigenvalue weighted by atomic mass is 16.5. The number of rotatable bonds is 9. The Balaban J connectivity index is 1.36. The van der Waals surface area contributed by atoms with E-state index in [9.17, 15) is 4.79 Å². The lowest BCUT2D eigenvalue weighted by molar-refractivity contribution is 0.0526. The van der Waals surface area contributed by atoms with Gasteiger partial charge in [0.05, 0.1) is 12.2 Å². The van der Waals surface area contributed by atoms with Crippen LogP contribution in [-0.4, -0.2) is 67.7 Å². The molecule has 1 fully saturated rings. The maximum atomic E-state index is 11.7. The first kappa shape index (κ1) is 21.3. The zero-order valence-corrected chi connectivity index (χ0v) is 17.5. The second kappa shape index (κ2) is 11.0. The van der Waals surface area contributed by atoms with E-state index in [0.717, 1.165) is 51.4 Å². The third-order valence-corrected chi connectivity index (χ3v) is 5.24. The fraction of sp³-hybridized carbons (Fsp3) is 0.458. The van der Waals surface area contributed by atoms with E-state index < -0.39 is 0 Å². The smallest absolute Gasteiger partial charge is 0.338 e. The Morgan fingerprint density at radius 1 is 0.966 bits per heavy atom. The molecule has 3 rings (SSSR count). The van der Waals surface area contributed by atoms with Gasteiger partial charge in [-0.25, -0.2) is 4.79 Å². The van der Waals surface area contributed by atoms with Crippen molar-refractivity contribution in [3.8, 4) is 5.75 Å². The van der Waals surface area contributed by atoms with Gasteiger partial charge in [-0.15, -0.1) is 0 Å². The Hall–Kier alpha value is -2.37. The van der Waals surface area contributed by atoms with Gasteiger partial charge in [0.25, 0.3) is 0 Å². The van der Waals surface area contributed by atoms with Crippen LogP contribution in [0.15, 0.2) is 54.6 Å². The molecule has 0 bridgehead atoms. The first-order chi connectivity index (χ1) is 14.1. The van der Waals surface area contributed by atoms with Gasteiger partial charge in [-0.2, -0.15) is 0 Å². The molecule has 0 amide bonds. The van der Waals surface area contributed by atoms with Crippen LogP contribution in [-0.2, 0) is 11.2 Å². The summed E-state index contributed by atoms with van der Waals surface area (Å²) in [5, 5.41) is 0. The topological polar surface area (TPSA) is 42.0 Å². The highest BCUT2D eigenvalue weighted by molar-refractivity contribution is 5.89. The van der Waals surface area contributed by atoms with E-state index in [1.54, 1.807) is 0 Å². The predicted molar refractivity (Wildman–Crippen MR) is 116 cm³/mol. The predicted octanol–water partition coefficient (Wildman–Crippen LogP) is 3.49. The van der Waals surface area contributed by atoms with Crippen molar-refractivity contribution < 1.29 is 14.3 Å². The van der Waals surface area contributed by atoms with Gasteiger partial charge in [0, 0.05) is 39.3 Å². The zero-order valence-electron chi connectivity index (χ0n) is 17.5. The molecule has 5 nitrogen and oxygen atoms in total. The third kappa shape index (κ3) is 6.87. The molecule has 1 atom stereocenters. The lowest BCUT2D eigenvalue weighted by Crippen LogP contribution is -2.49. The SMILES string of the molecule is CCOC(=O)c1ccc(CCN2CCN(CC(C)Oc3ccccc3)CC2)cc1. The number of benzene rings is 2. The Morgan fingerprint density at radius 3 is 2.28 bits per heavy atom. The number of ether oxygens (including phenoxy) is 2. The Labute approximate surface area is 174 Å². The fourth-order valence-electron chi connectivity index (χ4n) is 3.64. The fourth-order valence-corrected chi connectivity index (χ4v) is 3.64. The second-order valence-electron chi connectivity index (χ2n) is 7.55. The average Bonchev–Trinajstić information content (AvgIpc) is 2.74. The van der Waals surface area contributed by atoms with Gasteiger partial charge < -0.3 is 14.4 Å². The van der Waals surface area contributed by atoms with Crippen LogP contribution in [0.2, 0.25) is 0 Å². The summed E-state index contributed by atoms with van der Waals surface area (Å²) in [4.78, 5) is 16.7. The largest absolute Gasteiger partial charge is 0.489 e. The minimum Gasteiger partial charge on any atom is -0.489 e. The Kier molecular flexibility index (Phi) is 8.08. The normalized spacial score (nSPS) is 16.3. The lowest BCUT2D eigenvalue weighted by Gasteiger charge is -2.35. The van der Waals surface area contributed by atoms with Crippen molar-refractivity contribution in [1.29, 1.82) is 0 Å². The second-order valence-corrected chi connectivity index (χ2v) is 7.55. The molecule has 0 saturated carbocycles. The summed E-state index contributed by atoms with van der Waals surface area (Å²) in [5.74, 6) is 0.688. The minimum atomic E-state index is -0.249. The number of hydrogen-bond acceptors (Lipinski definition) is 5. The summed E-state index contributed by atoms with van der Waals surface area (Å²) in [6.45, 7) is 10.7. The number of piperazine rings is 1. The lowest BCUT2D eigenvalue weighted by atomic mass is 10.1. The molecule has 0 spiro atoms. The number of carbonyl (C=O) groups is 1. The quantitative estimate of drug-likeness (QED) is 0.607. The number of para-hydroxylation sites is 1. The highest BCUT2D eigenvalue weighted by Crippen LogP contribution is 2.13. The van der Waals surface area contributed by atoms with Crippen molar-refractivity contribution >= 4 is 5.97 Å². The van der Waals surface area contributed by atoms with Crippen LogP contribution in [0.25, 0.3) is 0 Å². The molecule has 0 radical (unpaired) electrons. The molecule has 1 aliphatic rings. The third-order valence-electron chi connectivity index (χ3n) is 5.24. The van der Waals surface area contributed by atoms with Gasteiger partial charge in [-0.05, 0) is 50.1 Å². The average molecular weight is 397 g/mol. The maximum Gasteiger partial charge on any atom is 0.338 e. The zero-order chi connectivity index (χ0) is 20.5. The first-order valence-corrected chi connectivity index (χ1v) is 10.6. The summed E-state index contributed by atoms with van der Waals surface area (Å²) in [6.07, 6.45) is 1.18. The number of hydrogen-bond donors (Lipinski definition) is 0. The summed E-state index contributed by atoms with van der Waals surface area (Å²) in [7, 11) is 0. The van der Waals surface area contributed by atoms with Crippen molar-refractivity contribution in [2.45, 2.75) is 26.4 Å². The van der Waals surface area contributed by atoms with Crippen LogP contribution in [0, 0.1) is 0 Å². The van der Waals surface area contributed by atoms with E-state index in [1.807, 2.05) is 61.5 Å². The van der Waals surface area contributed by atoms with Crippen molar-refractivity contribution in [1.82, 2.24) is 9.80 Å². The molecule has 1 unspecified atom stereocenters. The van der Waals surface area contributed by atoms with Crippen LogP contribution in [0.4, 0.5) is 0 Å². The van der Waals surface area contributed by atoms with Gasteiger partial charge >= 0.3 is 5.97 Å². The van der Waals surface area contributed by atoms with Crippen LogP contribution in [0.5, 0.6) is 5.75 Å². The molecule has 5 heteroatoms. The summed E-state index contributed by atoms with van der Waals surface area (Å²) in [5.41, 5.74) is 1.88. The summed E-state index contributed by atoms with van der Waals surface area (Å²) < 4.78 is 11.0. The van der Waals surface area contributed by atoms with Gasteiger partial charge in [-0.3, -0.25) is 4.90 Å². The summed E-state index contributed by atoms with van der Waals surface area (Å²) in [6, 6.07) is 17.8. The molecular formula is C24H32N2O3. The number of nitrogens with zero attached hydrogens (tertiary/aromatic N) is 2. The molecule has 0 N–H and O–H groups in total.